The lowest BCUT2D eigenvalue weighted by atomic mass is 10.0. The minimum absolute atomic E-state index is 0.174. The van der Waals surface area contributed by atoms with Crippen LogP contribution in [0.1, 0.15) is 17.3 Å². The zero-order chi connectivity index (χ0) is 15.6. The molecule has 0 amide bonds. The number of carbonyl (C=O) groups is 1. The molecule has 0 saturated carbocycles. The lowest BCUT2D eigenvalue weighted by Crippen LogP contribution is -2.17. The molecule has 0 unspecified atom stereocenters. The Labute approximate surface area is 127 Å². The third kappa shape index (κ3) is 4.07. The highest BCUT2D eigenvalue weighted by Gasteiger charge is 2.32. The van der Waals surface area contributed by atoms with Crippen LogP contribution in [0.25, 0.3) is 11.1 Å². The van der Waals surface area contributed by atoms with Crippen molar-refractivity contribution >= 4 is 21.7 Å². The maximum absolute atomic E-state index is 12.4. The number of ketones is 1. The fourth-order valence-electron chi connectivity index (χ4n) is 1.87. The molecule has 0 aliphatic rings. The molecule has 0 aromatic heterocycles. The molecule has 0 aliphatic carbocycles. The molecule has 0 fully saturated rings. The number of halogens is 4. The summed E-state index contributed by atoms with van der Waals surface area (Å²) in [4.78, 5) is 11.5. The number of para-hydroxylation sites is 1. The molecule has 0 heterocycles. The van der Waals surface area contributed by atoms with Crippen molar-refractivity contribution in [2.24, 2.45) is 0 Å². The van der Waals surface area contributed by atoms with Gasteiger partial charge >= 0.3 is 6.36 Å². The number of alkyl halides is 3. The zero-order valence-corrected chi connectivity index (χ0v) is 12.5. The first-order chi connectivity index (χ1) is 9.76. The van der Waals surface area contributed by atoms with Crippen LogP contribution in [0.3, 0.4) is 0 Å². The number of ether oxygens (including phenoxy) is 1. The van der Waals surface area contributed by atoms with E-state index in [2.05, 4.69) is 20.7 Å². The molecule has 2 aromatic carbocycles. The van der Waals surface area contributed by atoms with Gasteiger partial charge < -0.3 is 4.74 Å². The van der Waals surface area contributed by atoms with Crippen LogP contribution in [-0.4, -0.2) is 12.1 Å². The van der Waals surface area contributed by atoms with Crippen molar-refractivity contribution < 1.29 is 22.7 Å². The number of rotatable bonds is 3. The van der Waals surface area contributed by atoms with Crippen molar-refractivity contribution in [1.29, 1.82) is 0 Å². The monoisotopic (exact) mass is 358 g/mol. The number of benzene rings is 2. The van der Waals surface area contributed by atoms with Crippen LogP contribution in [0.2, 0.25) is 0 Å². The Morgan fingerprint density at radius 3 is 2.43 bits per heavy atom. The Hall–Kier alpha value is -1.82. The predicted molar refractivity (Wildman–Crippen MR) is 76.3 cm³/mol. The molecule has 0 N–H and O–H groups in total. The van der Waals surface area contributed by atoms with Gasteiger partial charge in [0.25, 0.3) is 0 Å². The van der Waals surface area contributed by atoms with E-state index in [4.69, 9.17) is 0 Å². The largest absolute Gasteiger partial charge is 0.573 e. The molecule has 2 nitrogen and oxygen atoms in total. The second-order valence-electron chi connectivity index (χ2n) is 4.33. The van der Waals surface area contributed by atoms with E-state index in [1.807, 2.05) is 0 Å². The molecule has 0 saturated heterocycles. The first-order valence-electron chi connectivity index (χ1n) is 5.93. The van der Waals surface area contributed by atoms with Gasteiger partial charge in [-0.25, -0.2) is 0 Å². The summed E-state index contributed by atoms with van der Waals surface area (Å²) in [5, 5.41) is 0. The molecule has 6 heteroatoms. The SMILES string of the molecule is CC(=O)c1cc(Br)cc(-c2ccccc2OC(F)(F)F)c1. The van der Waals surface area contributed by atoms with E-state index < -0.39 is 6.36 Å². The quantitative estimate of drug-likeness (QED) is 0.703. The number of Topliss-reactive ketones (excluding diaryl/α,β-unsaturated/α-hetero) is 1. The van der Waals surface area contributed by atoms with E-state index in [9.17, 15) is 18.0 Å². The van der Waals surface area contributed by atoms with Gasteiger partial charge in [0.15, 0.2) is 5.78 Å². The van der Waals surface area contributed by atoms with Gasteiger partial charge in [0.05, 0.1) is 0 Å². The van der Waals surface area contributed by atoms with Crippen molar-refractivity contribution in [2.45, 2.75) is 13.3 Å². The third-order valence-electron chi connectivity index (χ3n) is 2.73. The summed E-state index contributed by atoms with van der Waals surface area (Å²) in [6, 6.07) is 10.6. The Morgan fingerprint density at radius 1 is 1.14 bits per heavy atom. The maximum Gasteiger partial charge on any atom is 0.573 e. The minimum Gasteiger partial charge on any atom is -0.405 e. The molecule has 2 rings (SSSR count). The fraction of sp³-hybridized carbons (Fsp3) is 0.133. The fourth-order valence-corrected chi connectivity index (χ4v) is 2.36. The average Bonchev–Trinajstić information content (AvgIpc) is 2.36. The van der Waals surface area contributed by atoms with Gasteiger partial charge in [-0.2, -0.15) is 0 Å². The summed E-state index contributed by atoms with van der Waals surface area (Å²) < 4.78 is 41.9. The summed E-state index contributed by atoms with van der Waals surface area (Å²) in [5.74, 6) is -0.482. The van der Waals surface area contributed by atoms with Gasteiger partial charge in [0.2, 0.25) is 0 Å². The van der Waals surface area contributed by atoms with Gasteiger partial charge in [-0.1, -0.05) is 34.1 Å². The van der Waals surface area contributed by atoms with Crippen molar-refractivity contribution in [2.75, 3.05) is 0 Å². The third-order valence-corrected chi connectivity index (χ3v) is 3.19. The van der Waals surface area contributed by atoms with Crippen LogP contribution in [0.15, 0.2) is 46.9 Å². The van der Waals surface area contributed by atoms with E-state index in [-0.39, 0.29) is 17.1 Å². The normalized spacial score (nSPS) is 11.3. The Kier molecular flexibility index (Phi) is 4.37. The lowest BCUT2D eigenvalue weighted by molar-refractivity contribution is -0.274. The second kappa shape index (κ2) is 5.89. The summed E-state index contributed by atoms with van der Waals surface area (Å²) in [5.41, 5.74) is 1.13. The minimum atomic E-state index is -4.77. The summed E-state index contributed by atoms with van der Waals surface area (Å²) in [6.07, 6.45) is -4.77. The molecule has 0 spiro atoms. The van der Waals surface area contributed by atoms with E-state index in [1.54, 1.807) is 18.2 Å². The molecule has 21 heavy (non-hydrogen) atoms. The summed E-state index contributed by atoms with van der Waals surface area (Å²) in [7, 11) is 0. The first-order valence-corrected chi connectivity index (χ1v) is 6.72. The topological polar surface area (TPSA) is 26.3 Å². The van der Waals surface area contributed by atoms with Gasteiger partial charge in [0, 0.05) is 15.6 Å². The van der Waals surface area contributed by atoms with Gasteiger partial charge in [-0.05, 0) is 36.8 Å². The van der Waals surface area contributed by atoms with Crippen molar-refractivity contribution in [3.05, 3.63) is 52.5 Å². The standard InChI is InChI=1S/C15H10BrF3O2/c1-9(20)10-6-11(8-12(16)7-10)13-4-2-3-5-14(13)21-15(17,18)19/h2-8H,1H3. The number of carbonyl (C=O) groups excluding carboxylic acids is 1. The molecule has 2 aromatic rings. The Balaban J connectivity index is 2.54. The molecular formula is C15H10BrF3O2. The van der Waals surface area contributed by atoms with Gasteiger partial charge in [0.1, 0.15) is 5.75 Å². The molecule has 0 aliphatic heterocycles. The highest BCUT2D eigenvalue weighted by molar-refractivity contribution is 9.10. The van der Waals surface area contributed by atoms with E-state index in [1.165, 1.54) is 31.2 Å². The molecule has 110 valence electrons. The highest BCUT2D eigenvalue weighted by atomic mass is 79.9. The van der Waals surface area contributed by atoms with Crippen LogP contribution in [0.5, 0.6) is 5.75 Å². The van der Waals surface area contributed by atoms with Gasteiger partial charge in [-0.3, -0.25) is 4.79 Å². The molecular weight excluding hydrogens is 349 g/mol. The van der Waals surface area contributed by atoms with Crippen molar-refractivity contribution in [3.63, 3.8) is 0 Å². The highest BCUT2D eigenvalue weighted by Crippen LogP contribution is 2.35. The zero-order valence-electron chi connectivity index (χ0n) is 10.9. The van der Waals surface area contributed by atoms with Crippen LogP contribution < -0.4 is 4.74 Å². The molecule has 0 radical (unpaired) electrons. The summed E-state index contributed by atoms with van der Waals surface area (Å²) in [6.45, 7) is 1.39. The Morgan fingerprint density at radius 2 is 1.81 bits per heavy atom. The van der Waals surface area contributed by atoms with Crippen LogP contribution in [0.4, 0.5) is 13.2 Å². The van der Waals surface area contributed by atoms with Crippen molar-refractivity contribution in [1.82, 2.24) is 0 Å². The Bertz CT molecular complexity index is 681. The lowest BCUT2D eigenvalue weighted by Gasteiger charge is -2.14. The van der Waals surface area contributed by atoms with Gasteiger partial charge in [-0.15, -0.1) is 13.2 Å². The predicted octanol–water partition coefficient (Wildman–Crippen LogP) is 5.22. The smallest absolute Gasteiger partial charge is 0.405 e. The van der Waals surface area contributed by atoms with E-state index in [0.29, 0.717) is 15.6 Å². The first kappa shape index (κ1) is 15.6. The molecule has 0 bridgehead atoms. The summed E-state index contributed by atoms with van der Waals surface area (Å²) >= 11 is 3.25. The number of hydrogen-bond donors (Lipinski definition) is 0. The van der Waals surface area contributed by atoms with E-state index in [0.717, 1.165) is 0 Å². The van der Waals surface area contributed by atoms with Crippen LogP contribution >= 0.6 is 15.9 Å². The second-order valence-corrected chi connectivity index (χ2v) is 5.24. The molecule has 0 atom stereocenters. The van der Waals surface area contributed by atoms with Crippen LogP contribution in [-0.2, 0) is 0 Å². The average molecular weight is 359 g/mol. The van der Waals surface area contributed by atoms with E-state index >= 15 is 0 Å². The number of hydrogen-bond acceptors (Lipinski definition) is 2. The van der Waals surface area contributed by atoms with Crippen LogP contribution in [0, 0.1) is 0 Å². The van der Waals surface area contributed by atoms with Crippen molar-refractivity contribution in [3.8, 4) is 16.9 Å². The maximum atomic E-state index is 12.4.